The smallest absolute Gasteiger partial charge is 0.262 e. The lowest BCUT2D eigenvalue weighted by Gasteiger charge is -2.19. The molecule has 0 aromatic heterocycles. The second kappa shape index (κ2) is 10.0. The summed E-state index contributed by atoms with van der Waals surface area (Å²) in [7, 11) is -3.67. The number of benzene rings is 2. The average molecular weight is 415 g/mol. The first-order valence-corrected chi connectivity index (χ1v) is 10.5. The van der Waals surface area contributed by atoms with E-state index in [4.69, 9.17) is 4.74 Å². The number of anilines is 1. The van der Waals surface area contributed by atoms with Crippen LogP contribution in [0, 0.1) is 13.8 Å². The minimum Gasteiger partial charge on any atom is -0.483 e. The van der Waals surface area contributed by atoms with Crippen molar-refractivity contribution in [3.63, 3.8) is 0 Å². The topological polar surface area (TPSA) is 75.7 Å². The molecule has 0 aliphatic carbocycles. The number of sulfonamides is 1. The van der Waals surface area contributed by atoms with Gasteiger partial charge in [0, 0.05) is 18.8 Å². The van der Waals surface area contributed by atoms with Gasteiger partial charge in [0.05, 0.1) is 4.90 Å². The van der Waals surface area contributed by atoms with Gasteiger partial charge >= 0.3 is 0 Å². The third-order valence-corrected chi connectivity index (χ3v) is 5.98. The lowest BCUT2D eigenvalue weighted by atomic mass is 10.1. The molecule has 7 heteroatoms. The lowest BCUT2D eigenvalue weighted by molar-refractivity contribution is -0.118. The highest BCUT2D eigenvalue weighted by molar-refractivity contribution is 7.89. The highest BCUT2D eigenvalue weighted by atomic mass is 32.2. The van der Waals surface area contributed by atoms with Gasteiger partial charge in [-0.2, -0.15) is 4.31 Å². The Bertz CT molecular complexity index is 972. The van der Waals surface area contributed by atoms with Gasteiger partial charge in [-0.15, -0.1) is 13.2 Å². The first kappa shape index (κ1) is 22.4. The molecule has 0 aliphatic rings. The second-order valence-corrected chi connectivity index (χ2v) is 8.47. The molecule has 0 radical (unpaired) electrons. The Labute approximate surface area is 172 Å². The van der Waals surface area contributed by atoms with Crippen molar-refractivity contribution in [2.45, 2.75) is 18.7 Å². The number of hydrogen-bond acceptors (Lipinski definition) is 4. The van der Waals surface area contributed by atoms with Crippen LogP contribution in [0.25, 0.3) is 0 Å². The summed E-state index contributed by atoms with van der Waals surface area (Å²) in [5.74, 6) is 0.317. The van der Waals surface area contributed by atoms with Crippen LogP contribution in [-0.2, 0) is 14.8 Å². The molecule has 154 valence electrons. The van der Waals surface area contributed by atoms with Gasteiger partial charge in [0.2, 0.25) is 10.0 Å². The van der Waals surface area contributed by atoms with Gasteiger partial charge in [0.25, 0.3) is 5.91 Å². The normalized spacial score (nSPS) is 11.1. The van der Waals surface area contributed by atoms with Gasteiger partial charge in [0.15, 0.2) is 6.61 Å². The Morgan fingerprint density at radius 1 is 1.07 bits per heavy atom. The maximum atomic E-state index is 12.7. The molecule has 0 atom stereocenters. The standard InChI is InChI=1S/C22H26N2O4S/c1-5-13-24(14-6-2)29(26,27)20-10-8-19(9-11-20)23-22(25)16-28-21-12-7-17(3)15-18(21)4/h5-12,15H,1-2,13-14,16H2,3-4H3,(H,23,25). The van der Waals surface area contributed by atoms with E-state index in [1.54, 1.807) is 12.1 Å². The number of nitrogens with zero attached hydrogens (tertiary/aromatic N) is 1. The molecule has 2 rings (SSSR count). The van der Waals surface area contributed by atoms with Gasteiger partial charge in [-0.1, -0.05) is 29.8 Å². The van der Waals surface area contributed by atoms with Crippen LogP contribution in [0.3, 0.4) is 0 Å². The number of rotatable bonds is 10. The molecule has 2 aromatic rings. The molecule has 1 N–H and O–H groups in total. The molecule has 0 aliphatic heterocycles. The Balaban J connectivity index is 2.01. The van der Waals surface area contributed by atoms with E-state index in [2.05, 4.69) is 18.5 Å². The van der Waals surface area contributed by atoms with E-state index >= 15 is 0 Å². The van der Waals surface area contributed by atoms with Crippen molar-refractivity contribution in [3.05, 3.63) is 78.9 Å². The number of amides is 1. The predicted molar refractivity (Wildman–Crippen MR) is 116 cm³/mol. The third-order valence-electron chi connectivity index (χ3n) is 4.13. The molecule has 0 bridgehead atoms. The van der Waals surface area contributed by atoms with Gasteiger partial charge in [-0.05, 0) is 49.7 Å². The summed E-state index contributed by atoms with van der Waals surface area (Å²) in [6.45, 7) is 11.3. The SMILES string of the molecule is C=CCN(CC=C)S(=O)(=O)c1ccc(NC(=O)COc2ccc(C)cc2C)cc1. The molecule has 0 spiro atoms. The van der Waals surface area contributed by atoms with E-state index in [0.717, 1.165) is 11.1 Å². The largest absolute Gasteiger partial charge is 0.483 e. The van der Waals surface area contributed by atoms with Crippen molar-refractivity contribution in [3.8, 4) is 5.75 Å². The lowest BCUT2D eigenvalue weighted by Crippen LogP contribution is -2.31. The van der Waals surface area contributed by atoms with E-state index < -0.39 is 10.0 Å². The molecule has 2 aromatic carbocycles. The summed E-state index contributed by atoms with van der Waals surface area (Å²) in [5.41, 5.74) is 2.56. The summed E-state index contributed by atoms with van der Waals surface area (Å²) in [5, 5.41) is 2.70. The molecular weight excluding hydrogens is 388 g/mol. The van der Waals surface area contributed by atoms with Crippen LogP contribution in [0.4, 0.5) is 5.69 Å². The molecule has 6 nitrogen and oxygen atoms in total. The third kappa shape index (κ3) is 6.04. The molecule has 0 unspecified atom stereocenters. The van der Waals surface area contributed by atoms with E-state index in [0.29, 0.717) is 11.4 Å². The van der Waals surface area contributed by atoms with E-state index in [1.807, 2.05) is 32.0 Å². The second-order valence-electron chi connectivity index (χ2n) is 6.53. The Hall–Kier alpha value is -2.90. The van der Waals surface area contributed by atoms with Gasteiger partial charge in [-0.25, -0.2) is 8.42 Å². The number of hydrogen-bond donors (Lipinski definition) is 1. The summed E-state index contributed by atoms with van der Waals surface area (Å²) in [6, 6.07) is 11.7. The van der Waals surface area contributed by atoms with Gasteiger partial charge in [0.1, 0.15) is 5.75 Å². The highest BCUT2D eigenvalue weighted by Crippen LogP contribution is 2.20. The van der Waals surface area contributed by atoms with Crippen LogP contribution >= 0.6 is 0 Å². The molecule has 0 heterocycles. The van der Waals surface area contributed by atoms with Crippen LogP contribution in [0.2, 0.25) is 0 Å². The maximum Gasteiger partial charge on any atom is 0.262 e. The van der Waals surface area contributed by atoms with Crippen LogP contribution in [0.15, 0.2) is 72.7 Å². The molecule has 0 fully saturated rings. The van der Waals surface area contributed by atoms with Crippen molar-refractivity contribution in [2.24, 2.45) is 0 Å². The summed E-state index contributed by atoms with van der Waals surface area (Å²) in [4.78, 5) is 12.3. The van der Waals surface area contributed by atoms with Crippen LogP contribution < -0.4 is 10.1 Å². The quantitative estimate of drug-likeness (QED) is 0.602. The minimum absolute atomic E-state index is 0.130. The summed E-state index contributed by atoms with van der Waals surface area (Å²) >= 11 is 0. The number of carbonyl (C=O) groups is 1. The van der Waals surface area contributed by atoms with Crippen LogP contribution in [0.1, 0.15) is 11.1 Å². The Kier molecular flexibility index (Phi) is 7.75. The zero-order valence-corrected chi connectivity index (χ0v) is 17.5. The zero-order chi connectivity index (χ0) is 21.4. The number of ether oxygens (including phenoxy) is 1. The fraction of sp³-hybridized carbons (Fsp3) is 0.227. The Morgan fingerprint density at radius 3 is 2.24 bits per heavy atom. The average Bonchev–Trinajstić information content (AvgIpc) is 2.67. The number of nitrogens with one attached hydrogen (secondary N) is 1. The van der Waals surface area contributed by atoms with Crippen molar-refractivity contribution < 1.29 is 17.9 Å². The van der Waals surface area contributed by atoms with Crippen molar-refractivity contribution >= 4 is 21.6 Å². The van der Waals surface area contributed by atoms with Crippen molar-refractivity contribution in [1.82, 2.24) is 4.31 Å². The zero-order valence-electron chi connectivity index (χ0n) is 16.7. The molecular formula is C22H26N2O4S. The fourth-order valence-electron chi connectivity index (χ4n) is 2.72. The number of aryl methyl sites for hydroxylation is 2. The van der Waals surface area contributed by atoms with Gasteiger partial charge in [-0.3, -0.25) is 4.79 Å². The first-order valence-electron chi connectivity index (χ1n) is 9.10. The highest BCUT2D eigenvalue weighted by Gasteiger charge is 2.22. The van der Waals surface area contributed by atoms with Crippen LogP contribution in [-0.4, -0.2) is 38.3 Å². The summed E-state index contributed by atoms with van der Waals surface area (Å²) < 4.78 is 32.2. The summed E-state index contributed by atoms with van der Waals surface area (Å²) in [6.07, 6.45) is 3.04. The monoisotopic (exact) mass is 414 g/mol. The van der Waals surface area contributed by atoms with E-state index in [-0.39, 0.29) is 30.5 Å². The van der Waals surface area contributed by atoms with Crippen molar-refractivity contribution in [2.75, 3.05) is 25.0 Å². The molecule has 0 saturated carbocycles. The van der Waals surface area contributed by atoms with Crippen LogP contribution in [0.5, 0.6) is 5.75 Å². The van der Waals surface area contributed by atoms with E-state index in [1.165, 1.54) is 28.6 Å². The molecule has 1 amide bonds. The van der Waals surface area contributed by atoms with Crippen molar-refractivity contribution in [1.29, 1.82) is 0 Å². The number of carbonyl (C=O) groups excluding carboxylic acids is 1. The Morgan fingerprint density at radius 2 is 1.69 bits per heavy atom. The first-order chi connectivity index (χ1) is 13.8. The maximum absolute atomic E-state index is 12.7. The fourth-order valence-corrected chi connectivity index (χ4v) is 4.10. The molecule has 29 heavy (non-hydrogen) atoms. The minimum atomic E-state index is -3.67. The molecule has 0 saturated heterocycles. The van der Waals surface area contributed by atoms with E-state index in [9.17, 15) is 13.2 Å². The van der Waals surface area contributed by atoms with Gasteiger partial charge < -0.3 is 10.1 Å². The predicted octanol–water partition coefficient (Wildman–Crippen LogP) is 3.68.